The molecule has 1 heterocycles. The molecule has 2 aromatic carbocycles. The molecule has 0 radical (unpaired) electrons. The number of carboxylic acids is 1. The first kappa shape index (κ1) is 49.3. The first-order valence-electron chi connectivity index (χ1n) is 20.8. The van der Waals surface area contributed by atoms with Crippen LogP contribution in [0.3, 0.4) is 0 Å². The second-order valence-electron chi connectivity index (χ2n) is 16.1. The van der Waals surface area contributed by atoms with Gasteiger partial charge >= 0.3 is 24.1 Å². The third-order valence-electron chi connectivity index (χ3n) is 10.0. The Morgan fingerprint density at radius 2 is 1.53 bits per heavy atom. The lowest BCUT2D eigenvalue weighted by molar-refractivity contribution is -0.151. The number of imide groups is 1. The van der Waals surface area contributed by atoms with Crippen LogP contribution < -0.4 is 32.3 Å². The summed E-state index contributed by atoms with van der Waals surface area (Å²) in [5, 5.41) is 22.4. The molecule has 8 N–H and O–H groups in total. The Labute approximate surface area is 370 Å². The van der Waals surface area contributed by atoms with Crippen LogP contribution >= 0.6 is 0 Å². The van der Waals surface area contributed by atoms with Crippen molar-refractivity contribution in [2.45, 2.75) is 90.4 Å². The third-order valence-corrected chi connectivity index (χ3v) is 10.0. The van der Waals surface area contributed by atoms with E-state index in [1.807, 2.05) is 0 Å². The van der Waals surface area contributed by atoms with Gasteiger partial charge in [-0.05, 0) is 113 Å². The molecular weight excluding hydrogens is 831 g/mol. The number of amides is 8. The zero-order valence-corrected chi connectivity index (χ0v) is 36.0. The summed E-state index contributed by atoms with van der Waals surface area (Å²) >= 11 is 0. The molecule has 0 saturated heterocycles. The maximum atomic E-state index is 13.7. The molecule has 0 aromatic heterocycles. The van der Waals surface area contributed by atoms with Crippen molar-refractivity contribution in [1.82, 2.24) is 20.9 Å². The first-order chi connectivity index (χ1) is 30.3. The maximum absolute atomic E-state index is 13.7. The third kappa shape index (κ3) is 15.5. The van der Waals surface area contributed by atoms with Crippen LogP contribution in [-0.2, 0) is 49.6 Å². The molecule has 0 spiro atoms. The molecule has 0 unspecified atom stereocenters. The predicted octanol–water partition coefficient (Wildman–Crippen LogP) is 4.14. The highest BCUT2D eigenvalue weighted by molar-refractivity contribution is 6.13. The van der Waals surface area contributed by atoms with Crippen molar-refractivity contribution in [3.8, 4) is 0 Å². The van der Waals surface area contributed by atoms with Crippen molar-refractivity contribution in [2.24, 2.45) is 11.1 Å². The minimum atomic E-state index is -1.36. The molecule has 0 bridgehead atoms. The van der Waals surface area contributed by atoms with Crippen molar-refractivity contribution in [3.63, 3.8) is 0 Å². The van der Waals surface area contributed by atoms with E-state index in [0.29, 0.717) is 60.9 Å². The molecule has 19 heteroatoms. The number of anilines is 2. The zero-order valence-electron chi connectivity index (χ0n) is 36.0. The van der Waals surface area contributed by atoms with Gasteiger partial charge in [0.2, 0.25) is 17.7 Å². The zero-order chi connectivity index (χ0) is 46.9. The Bertz CT molecular complexity index is 2150. The number of nitrogens with one attached hydrogen (secondary N) is 5. The fraction of sp³-hybridized carbons (Fsp3) is 0.400. The number of aliphatic carboxylic acids is 1. The van der Waals surface area contributed by atoms with E-state index < -0.39 is 58.8 Å². The average Bonchev–Trinajstić information content (AvgIpc) is 3.53. The molecule has 4 rings (SSSR count). The van der Waals surface area contributed by atoms with Crippen LogP contribution in [0.2, 0.25) is 0 Å². The Morgan fingerprint density at radius 1 is 0.844 bits per heavy atom. The molecule has 1 aliphatic heterocycles. The largest absolute Gasteiger partial charge is 0.478 e. The predicted molar refractivity (Wildman–Crippen MR) is 235 cm³/mol. The number of ether oxygens (including phenoxy) is 2. The number of unbranched alkanes of at least 4 members (excludes halogenated alkanes) is 2. The van der Waals surface area contributed by atoms with Crippen molar-refractivity contribution in [3.05, 3.63) is 83.5 Å². The first-order valence-corrected chi connectivity index (χ1v) is 20.8. The Kier molecular flexibility index (Phi) is 17.9. The summed E-state index contributed by atoms with van der Waals surface area (Å²) in [5.41, 5.74) is 5.09. The van der Waals surface area contributed by atoms with Crippen LogP contribution in [0.4, 0.5) is 21.0 Å². The minimum Gasteiger partial charge on any atom is -0.478 e. The lowest BCUT2D eigenvalue weighted by Crippen LogP contribution is -2.58. The molecule has 19 nitrogen and oxygen atoms in total. The van der Waals surface area contributed by atoms with E-state index >= 15 is 0 Å². The van der Waals surface area contributed by atoms with Crippen molar-refractivity contribution in [2.75, 3.05) is 30.3 Å². The molecule has 1 atom stereocenters. The van der Waals surface area contributed by atoms with E-state index in [4.69, 9.17) is 20.3 Å². The summed E-state index contributed by atoms with van der Waals surface area (Å²) in [4.78, 5) is 113. The van der Waals surface area contributed by atoms with Gasteiger partial charge in [0.15, 0.2) is 0 Å². The van der Waals surface area contributed by atoms with Crippen LogP contribution in [0.25, 0.3) is 12.2 Å². The van der Waals surface area contributed by atoms with Gasteiger partial charge in [0, 0.05) is 49.6 Å². The van der Waals surface area contributed by atoms with Gasteiger partial charge in [0.1, 0.15) is 23.7 Å². The summed E-state index contributed by atoms with van der Waals surface area (Å²) in [7, 11) is 0. The van der Waals surface area contributed by atoms with Gasteiger partial charge in [0.05, 0.1) is 5.69 Å². The van der Waals surface area contributed by atoms with Gasteiger partial charge in [-0.15, -0.1) is 0 Å². The highest BCUT2D eigenvalue weighted by atomic mass is 16.6. The Hall–Kier alpha value is -7.31. The van der Waals surface area contributed by atoms with Gasteiger partial charge in [0.25, 0.3) is 11.8 Å². The Morgan fingerprint density at radius 3 is 2.16 bits per heavy atom. The number of primary amides is 1. The molecule has 342 valence electrons. The Balaban J connectivity index is 1.33. The van der Waals surface area contributed by atoms with E-state index in [1.54, 1.807) is 57.2 Å². The number of esters is 1. The molecule has 1 saturated carbocycles. The van der Waals surface area contributed by atoms with Crippen molar-refractivity contribution < 1.29 is 57.7 Å². The van der Waals surface area contributed by atoms with Gasteiger partial charge in [-0.1, -0.05) is 30.7 Å². The maximum Gasteiger partial charge on any atom is 0.411 e. The highest BCUT2D eigenvalue weighted by Crippen LogP contribution is 2.41. The topological polar surface area (TPSA) is 282 Å². The van der Waals surface area contributed by atoms with Gasteiger partial charge in [-0.25, -0.2) is 19.2 Å². The average molecular weight is 886 g/mol. The molecule has 64 heavy (non-hydrogen) atoms. The van der Waals surface area contributed by atoms with Crippen LogP contribution in [-0.4, -0.2) is 94.9 Å². The number of hydrogen-bond donors (Lipinski definition) is 7. The fourth-order valence-electron chi connectivity index (χ4n) is 6.57. The monoisotopic (exact) mass is 885 g/mol. The summed E-state index contributed by atoms with van der Waals surface area (Å²) in [5.74, 6) is -4.11. The number of carbonyl (C=O) groups is 9. The second kappa shape index (κ2) is 23.2. The van der Waals surface area contributed by atoms with E-state index in [0.717, 1.165) is 11.0 Å². The molecule has 1 aliphatic carbocycles. The standard InChI is InChI=1S/C45H55N7O12/c1-44(2,3)64-38(57)21-15-31-14-10-29(13-20-37(55)56)27-34(31)51-43(62)63-28-30-11-16-32(17-12-30)49-39(58)33(9-7-25-48-42(46)61)50-41(60)45(22-8-23-45)40(59)47-24-5-4-6-26-52-35(53)18-19-36(52)54/h10-21,27,33H,4-9,22-26,28H2,1-3H3,(H,47,59)(H,49,58)(H,50,60)(H,51,62)(H,55,56)(H3,46,48,61)/b20-13+,21-15+/t33-/m0/s1. The minimum absolute atomic E-state index is 0.103. The number of carbonyl (C=O) groups excluding carboxylic acids is 8. The van der Waals surface area contributed by atoms with E-state index in [2.05, 4.69) is 26.6 Å². The summed E-state index contributed by atoms with van der Waals surface area (Å²) in [6.45, 7) is 5.67. The van der Waals surface area contributed by atoms with Crippen molar-refractivity contribution >= 4 is 77.1 Å². The molecule has 8 amide bonds. The molecule has 2 aromatic rings. The van der Waals surface area contributed by atoms with Crippen LogP contribution in [0.15, 0.2) is 66.8 Å². The second-order valence-corrected chi connectivity index (χ2v) is 16.1. The van der Waals surface area contributed by atoms with Crippen LogP contribution in [0, 0.1) is 5.41 Å². The molecule has 2 aliphatic rings. The quantitative estimate of drug-likeness (QED) is 0.0289. The number of carboxylic acid groups (broad SMARTS) is 1. The number of nitrogens with two attached hydrogens (primary N) is 1. The van der Waals surface area contributed by atoms with E-state index in [-0.39, 0.29) is 56.6 Å². The fourth-order valence-corrected chi connectivity index (χ4v) is 6.57. The summed E-state index contributed by atoms with van der Waals surface area (Å²) in [6, 6.07) is 9.20. The number of nitrogens with zero attached hydrogens (tertiary/aromatic N) is 1. The lowest BCUT2D eigenvalue weighted by atomic mass is 9.67. The molecule has 1 fully saturated rings. The normalized spacial score (nSPS) is 14.7. The summed E-state index contributed by atoms with van der Waals surface area (Å²) < 4.78 is 10.7. The highest BCUT2D eigenvalue weighted by Gasteiger charge is 2.51. The van der Waals surface area contributed by atoms with Gasteiger partial charge in [-0.3, -0.25) is 34.2 Å². The number of urea groups is 1. The number of benzene rings is 2. The van der Waals surface area contributed by atoms with Crippen LogP contribution in [0.5, 0.6) is 0 Å². The number of hydrogen-bond acceptors (Lipinski definition) is 11. The lowest BCUT2D eigenvalue weighted by Gasteiger charge is -2.39. The van der Waals surface area contributed by atoms with Gasteiger partial charge in [-0.2, -0.15) is 0 Å². The van der Waals surface area contributed by atoms with Gasteiger partial charge < -0.3 is 41.6 Å². The van der Waals surface area contributed by atoms with E-state index in [9.17, 15) is 43.2 Å². The van der Waals surface area contributed by atoms with Crippen molar-refractivity contribution in [1.29, 1.82) is 0 Å². The SMILES string of the molecule is CC(C)(C)OC(=O)/C=C/c1ccc(/C=C/C(=O)O)cc1NC(=O)OCc1ccc(NC(=O)[C@H](CCCNC(N)=O)NC(=O)C2(C(=O)NCCCCCN3C(=O)C=CC3=O)CCC2)cc1. The summed E-state index contributed by atoms with van der Waals surface area (Å²) in [6.07, 6.45) is 9.85. The van der Waals surface area contributed by atoms with E-state index in [1.165, 1.54) is 36.4 Å². The molecular formula is C45H55N7O12. The van der Waals surface area contributed by atoms with Crippen LogP contribution in [0.1, 0.15) is 88.8 Å². The number of rotatable bonds is 22. The smallest absolute Gasteiger partial charge is 0.411 e.